The average Bonchev–Trinajstić information content (AvgIpc) is 2.22. The molecule has 0 spiro atoms. The van der Waals surface area contributed by atoms with Crippen molar-refractivity contribution in [2.45, 2.75) is 6.04 Å². The van der Waals surface area contributed by atoms with Gasteiger partial charge in [-0.05, 0) is 24.7 Å². The molecule has 90 valence electrons. The van der Waals surface area contributed by atoms with Crippen LogP contribution < -0.4 is 5.73 Å². The Balaban J connectivity index is 2.94. The van der Waals surface area contributed by atoms with E-state index in [-0.39, 0.29) is 12.6 Å². The molecule has 0 aliphatic heterocycles. The Labute approximate surface area is 106 Å². The molecule has 0 aliphatic rings. The van der Waals surface area contributed by atoms with Gasteiger partial charge in [0.05, 0.1) is 6.61 Å². The molecule has 1 atom stereocenters. The molecule has 16 heavy (non-hydrogen) atoms. The fourth-order valence-electron chi connectivity index (χ4n) is 1.63. The van der Waals surface area contributed by atoms with Crippen LogP contribution in [0.5, 0.6) is 0 Å². The largest absolute Gasteiger partial charge is 0.395 e. The van der Waals surface area contributed by atoms with Crippen molar-refractivity contribution in [3.8, 4) is 0 Å². The molecule has 0 bridgehead atoms. The van der Waals surface area contributed by atoms with Crippen LogP contribution in [0.2, 0.25) is 10.0 Å². The summed E-state index contributed by atoms with van der Waals surface area (Å²) in [6, 6.07) is 5.36. The first-order chi connectivity index (χ1) is 7.60. The van der Waals surface area contributed by atoms with Gasteiger partial charge in [-0.1, -0.05) is 29.3 Å². The molecule has 1 unspecified atom stereocenters. The van der Waals surface area contributed by atoms with Crippen molar-refractivity contribution in [3.05, 3.63) is 33.8 Å². The van der Waals surface area contributed by atoms with E-state index in [4.69, 9.17) is 34.0 Å². The molecule has 3 nitrogen and oxygen atoms in total. The first-order valence-corrected chi connectivity index (χ1v) is 5.81. The third-order valence-corrected chi connectivity index (χ3v) is 3.09. The van der Waals surface area contributed by atoms with E-state index in [9.17, 15) is 0 Å². The highest BCUT2D eigenvalue weighted by atomic mass is 35.5. The van der Waals surface area contributed by atoms with Crippen molar-refractivity contribution in [2.24, 2.45) is 5.73 Å². The lowest BCUT2D eigenvalue weighted by atomic mass is 10.1. The topological polar surface area (TPSA) is 49.5 Å². The van der Waals surface area contributed by atoms with Crippen LogP contribution in [-0.2, 0) is 0 Å². The summed E-state index contributed by atoms with van der Waals surface area (Å²) in [4.78, 5) is 1.97. The molecule has 0 fully saturated rings. The van der Waals surface area contributed by atoms with Crippen molar-refractivity contribution in [3.63, 3.8) is 0 Å². The van der Waals surface area contributed by atoms with Gasteiger partial charge < -0.3 is 10.8 Å². The van der Waals surface area contributed by atoms with Gasteiger partial charge in [-0.3, -0.25) is 4.90 Å². The van der Waals surface area contributed by atoms with E-state index in [1.165, 1.54) is 0 Å². The predicted octanol–water partition coefficient (Wildman–Crippen LogP) is 1.92. The highest BCUT2D eigenvalue weighted by Gasteiger charge is 2.17. The average molecular weight is 263 g/mol. The van der Waals surface area contributed by atoms with Gasteiger partial charge in [-0.25, -0.2) is 0 Å². The Morgan fingerprint density at radius 3 is 2.62 bits per heavy atom. The molecule has 1 aromatic rings. The first kappa shape index (κ1) is 13.7. The maximum Gasteiger partial charge on any atom is 0.0558 e. The number of hydrogen-bond acceptors (Lipinski definition) is 3. The van der Waals surface area contributed by atoms with Crippen LogP contribution in [0.4, 0.5) is 0 Å². The maximum atomic E-state index is 8.90. The molecular weight excluding hydrogens is 247 g/mol. The Hall–Kier alpha value is -0.320. The second-order valence-corrected chi connectivity index (χ2v) is 4.47. The molecule has 5 heteroatoms. The maximum absolute atomic E-state index is 8.90. The van der Waals surface area contributed by atoms with Gasteiger partial charge >= 0.3 is 0 Å². The number of nitrogens with zero attached hydrogens (tertiary/aromatic N) is 1. The van der Waals surface area contributed by atoms with Crippen molar-refractivity contribution >= 4 is 23.2 Å². The van der Waals surface area contributed by atoms with E-state index in [0.29, 0.717) is 23.1 Å². The molecule has 0 amide bonds. The van der Waals surface area contributed by atoms with Gasteiger partial charge in [0, 0.05) is 29.2 Å². The minimum atomic E-state index is -0.00285. The summed E-state index contributed by atoms with van der Waals surface area (Å²) in [6.45, 7) is 1.09. The molecule has 1 rings (SSSR count). The van der Waals surface area contributed by atoms with Crippen molar-refractivity contribution in [1.29, 1.82) is 0 Å². The van der Waals surface area contributed by atoms with Crippen LogP contribution in [0.25, 0.3) is 0 Å². The molecule has 0 aromatic heterocycles. The summed E-state index contributed by atoms with van der Waals surface area (Å²) in [5.74, 6) is 0. The zero-order valence-electron chi connectivity index (χ0n) is 9.16. The van der Waals surface area contributed by atoms with Crippen LogP contribution >= 0.6 is 23.2 Å². The van der Waals surface area contributed by atoms with Gasteiger partial charge in [0.15, 0.2) is 0 Å². The number of likely N-dealkylation sites (N-methyl/N-ethyl adjacent to an activating group) is 1. The first-order valence-electron chi connectivity index (χ1n) is 5.06. The number of aliphatic hydroxyl groups excluding tert-OH is 1. The van der Waals surface area contributed by atoms with E-state index in [0.717, 1.165) is 5.56 Å². The number of hydrogen-bond donors (Lipinski definition) is 2. The normalized spacial score (nSPS) is 13.1. The lowest BCUT2D eigenvalue weighted by Gasteiger charge is -2.27. The number of benzene rings is 1. The quantitative estimate of drug-likeness (QED) is 0.853. The number of nitrogens with two attached hydrogens (primary N) is 1. The lowest BCUT2D eigenvalue weighted by molar-refractivity contribution is 0.183. The Bertz CT molecular complexity index is 347. The van der Waals surface area contributed by atoms with Crippen molar-refractivity contribution < 1.29 is 5.11 Å². The zero-order chi connectivity index (χ0) is 12.1. The Morgan fingerprint density at radius 1 is 1.44 bits per heavy atom. The number of halogens is 2. The summed E-state index contributed by atoms with van der Waals surface area (Å²) in [5, 5.41) is 10.1. The number of aliphatic hydroxyl groups is 1. The standard InChI is InChI=1S/C11H16Cl2N2O/c1-15(4-5-16)11(7-14)9-3-2-8(12)6-10(9)13/h2-3,6,11,16H,4-5,7,14H2,1H3. The highest BCUT2D eigenvalue weighted by molar-refractivity contribution is 6.35. The van der Waals surface area contributed by atoms with Crippen LogP contribution in [0.1, 0.15) is 11.6 Å². The van der Waals surface area contributed by atoms with Gasteiger partial charge in [0.25, 0.3) is 0 Å². The summed E-state index contributed by atoms with van der Waals surface area (Å²) < 4.78 is 0. The molecule has 0 radical (unpaired) electrons. The Kier molecular flexibility index (Phi) is 5.52. The minimum absolute atomic E-state index is 0.00285. The van der Waals surface area contributed by atoms with Gasteiger partial charge in [-0.15, -0.1) is 0 Å². The van der Waals surface area contributed by atoms with E-state index < -0.39 is 0 Å². The second kappa shape index (κ2) is 6.42. The number of rotatable bonds is 5. The van der Waals surface area contributed by atoms with Crippen molar-refractivity contribution in [1.82, 2.24) is 4.90 Å². The third-order valence-electron chi connectivity index (χ3n) is 2.53. The summed E-state index contributed by atoms with van der Waals surface area (Å²) in [7, 11) is 1.90. The molecular formula is C11H16Cl2N2O. The van der Waals surface area contributed by atoms with Crippen LogP contribution in [0.3, 0.4) is 0 Å². The van der Waals surface area contributed by atoms with Gasteiger partial charge in [0.1, 0.15) is 0 Å². The highest BCUT2D eigenvalue weighted by Crippen LogP contribution is 2.28. The van der Waals surface area contributed by atoms with Gasteiger partial charge in [-0.2, -0.15) is 0 Å². The molecule has 1 aromatic carbocycles. The minimum Gasteiger partial charge on any atom is -0.395 e. The third kappa shape index (κ3) is 3.34. The molecule has 0 heterocycles. The van der Waals surface area contributed by atoms with Gasteiger partial charge in [0.2, 0.25) is 0 Å². The molecule has 0 aliphatic carbocycles. The van der Waals surface area contributed by atoms with Crippen LogP contribution in [-0.4, -0.2) is 36.8 Å². The fraction of sp³-hybridized carbons (Fsp3) is 0.455. The van der Waals surface area contributed by atoms with Crippen LogP contribution in [0.15, 0.2) is 18.2 Å². The van der Waals surface area contributed by atoms with E-state index in [1.54, 1.807) is 12.1 Å². The summed E-state index contributed by atoms with van der Waals surface area (Å²) in [6.07, 6.45) is 0. The second-order valence-electron chi connectivity index (χ2n) is 3.62. The Morgan fingerprint density at radius 2 is 2.12 bits per heavy atom. The lowest BCUT2D eigenvalue weighted by Crippen LogP contribution is -2.32. The molecule has 3 N–H and O–H groups in total. The predicted molar refractivity (Wildman–Crippen MR) is 68.0 cm³/mol. The monoisotopic (exact) mass is 262 g/mol. The van der Waals surface area contributed by atoms with Crippen LogP contribution in [0, 0.1) is 0 Å². The van der Waals surface area contributed by atoms with E-state index in [2.05, 4.69) is 0 Å². The van der Waals surface area contributed by atoms with E-state index >= 15 is 0 Å². The smallest absolute Gasteiger partial charge is 0.0558 e. The summed E-state index contributed by atoms with van der Waals surface area (Å²) in [5.41, 5.74) is 6.66. The molecule has 0 saturated carbocycles. The molecule has 0 saturated heterocycles. The zero-order valence-corrected chi connectivity index (χ0v) is 10.7. The summed E-state index contributed by atoms with van der Waals surface area (Å²) >= 11 is 12.0. The van der Waals surface area contributed by atoms with E-state index in [1.807, 2.05) is 18.0 Å². The van der Waals surface area contributed by atoms with Crippen molar-refractivity contribution in [2.75, 3.05) is 26.7 Å². The SMILES string of the molecule is CN(CCO)C(CN)c1ccc(Cl)cc1Cl. The fourth-order valence-corrected chi connectivity index (χ4v) is 2.16.